The third-order valence-electron chi connectivity index (χ3n) is 6.47. The van der Waals surface area contributed by atoms with E-state index in [0.717, 1.165) is 17.0 Å². The van der Waals surface area contributed by atoms with Crippen molar-refractivity contribution in [1.29, 1.82) is 0 Å². The number of benzene rings is 2. The summed E-state index contributed by atoms with van der Waals surface area (Å²) in [4.78, 5) is 26.7. The Bertz CT molecular complexity index is 1120. The van der Waals surface area contributed by atoms with Gasteiger partial charge in [-0.3, -0.25) is 9.59 Å². The van der Waals surface area contributed by atoms with E-state index in [9.17, 15) is 14.0 Å². The predicted molar refractivity (Wildman–Crippen MR) is 128 cm³/mol. The van der Waals surface area contributed by atoms with Gasteiger partial charge in [-0.2, -0.15) is 0 Å². The average molecular weight is 464 g/mol. The summed E-state index contributed by atoms with van der Waals surface area (Å²) in [6, 6.07) is 13.7. The van der Waals surface area contributed by atoms with E-state index >= 15 is 0 Å². The molecule has 1 aliphatic heterocycles. The van der Waals surface area contributed by atoms with E-state index in [-0.39, 0.29) is 30.0 Å². The van der Waals surface area contributed by atoms with E-state index in [1.807, 2.05) is 38.1 Å². The Balaban J connectivity index is 1.72. The zero-order valence-electron chi connectivity index (χ0n) is 19.8. The van der Waals surface area contributed by atoms with Crippen LogP contribution < -0.4 is 10.1 Å². The summed E-state index contributed by atoms with van der Waals surface area (Å²) in [5.74, 6) is -1.26. The highest BCUT2D eigenvalue weighted by Crippen LogP contribution is 2.47. The van der Waals surface area contributed by atoms with Gasteiger partial charge in [0.25, 0.3) is 0 Å². The number of methoxy groups -OCH3 is 1. The molecule has 2 aromatic rings. The molecule has 178 valence electrons. The molecule has 2 aliphatic rings. The van der Waals surface area contributed by atoms with Crippen LogP contribution in [0, 0.1) is 17.7 Å². The molecule has 2 aromatic carbocycles. The van der Waals surface area contributed by atoms with E-state index in [0.29, 0.717) is 29.7 Å². The van der Waals surface area contributed by atoms with E-state index in [2.05, 4.69) is 11.9 Å². The van der Waals surface area contributed by atoms with Crippen molar-refractivity contribution >= 4 is 11.8 Å². The highest BCUT2D eigenvalue weighted by molar-refractivity contribution is 6.01. The van der Waals surface area contributed by atoms with E-state index in [1.54, 1.807) is 19.2 Å². The van der Waals surface area contributed by atoms with Gasteiger partial charge in [-0.1, -0.05) is 44.7 Å². The minimum absolute atomic E-state index is 0.00392. The molecule has 0 radical (unpaired) electrons. The molecule has 1 aliphatic carbocycles. The number of Topliss-reactive ketones (excluding diaryl/α,β-unsaturated/α-hetero) is 1. The molecule has 3 atom stereocenters. The van der Waals surface area contributed by atoms with Crippen LogP contribution in [-0.2, 0) is 14.3 Å². The van der Waals surface area contributed by atoms with Gasteiger partial charge in [0, 0.05) is 29.3 Å². The summed E-state index contributed by atoms with van der Waals surface area (Å²) in [7, 11) is 1.62. The molecule has 5 nitrogen and oxygen atoms in total. The van der Waals surface area contributed by atoms with Crippen molar-refractivity contribution in [2.45, 2.75) is 38.5 Å². The first-order valence-electron chi connectivity index (χ1n) is 11.6. The van der Waals surface area contributed by atoms with E-state index in [4.69, 9.17) is 9.47 Å². The molecule has 0 fully saturated rings. The van der Waals surface area contributed by atoms with Gasteiger partial charge in [0.1, 0.15) is 17.5 Å². The fourth-order valence-corrected chi connectivity index (χ4v) is 4.81. The lowest BCUT2D eigenvalue weighted by Gasteiger charge is -2.40. The van der Waals surface area contributed by atoms with Crippen molar-refractivity contribution in [3.63, 3.8) is 0 Å². The normalized spacial score (nSPS) is 22.3. The molecular weight excluding hydrogens is 433 g/mol. The maximum atomic E-state index is 13.7. The van der Waals surface area contributed by atoms with Gasteiger partial charge in [0.05, 0.1) is 13.7 Å². The van der Waals surface area contributed by atoms with E-state index < -0.39 is 17.8 Å². The first-order chi connectivity index (χ1) is 16.3. The third kappa shape index (κ3) is 4.76. The zero-order chi connectivity index (χ0) is 24.4. The molecule has 1 N–H and O–H groups in total. The highest BCUT2D eigenvalue weighted by Gasteiger charge is 2.45. The smallest absolute Gasteiger partial charge is 0.315 e. The molecule has 3 unspecified atom stereocenters. The molecular formula is C28H30FNO4. The van der Waals surface area contributed by atoms with E-state index in [1.165, 1.54) is 12.1 Å². The van der Waals surface area contributed by atoms with Crippen LogP contribution in [-0.4, -0.2) is 25.5 Å². The zero-order valence-corrected chi connectivity index (χ0v) is 19.8. The van der Waals surface area contributed by atoms with Crippen LogP contribution >= 0.6 is 0 Å². The number of rotatable bonds is 6. The van der Waals surface area contributed by atoms with Crippen molar-refractivity contribution in [2.24, 2.45) is 11.8 Å². The second-order valence-electron chi connectivity index (χ2n) is 9.37. The fourth-order valence-electron chi connectivity index (χ4n) is 4.81. The molecule has 0 amide bonds. The quantitative estimate of drug-likeness (QED) is 0.593. The second-order valence-corrected chi connectivity index (χ2v) is 9.37. The van der Waals surface area contributed by atoms with Crippen LogP contribution in [0.3, 0.4) is 0 Å². The summed E-state index contributed by atoms with van der Waals surface area (Å²) >= 11 is 0. The number of carbonyl (C=O) groups is 2. The Morgan fingerprint density at radius 3 is 2.35 bits per heavy atom. The number of esters is 1. The lowest BCUT2D eigenvalue weighted by molar-refractivity contribution is -0.149. The number of ketones is 1. The molecule has 0 saturated heterocycles. The minimum Gasteiger partial charge on any atom is -0.497 e. The number of nitrogens with one attached hydrogen (secondary N) is 1. The van der Waals surface area contributed by atoms with Crippen LogP contribution in [0.5, 0.6) is 5.75 Å². The second kappa shape index (κ2) is 9.84. The fraction of sp³-hybridized carbons (Fsp3) is 0.357. The average Bonchev–Trinajstić information content (AvgIpc) is 2.82. The SMILES string of the molecule is C=C1NC2=C(C(=O)CC(c3ccc(OC)cc3)C2)C(c2ccc(F)cc2)C1C(=O)OCC(C)C. The van der Waals surface area contributed by atoms with Gasteiger partial charge in [-0.25, -0.2) is 4.39 Å². The van der Waals surface area contributed by atoms with Crippen molar-refractivity contribution in [1.82, 2.24) is 5.32 Å². The van der Waals surface area contributed by atoms with Crippen LogP contribution in [0.2, 0.25) is 0 Å². The summed E-state index contributed by atoms with van der Waals surface area (Å²) in [6.45, 7) is 8.32. The van der Waals surface area contributed by atoms with Crippen LogP contribution in [0.1, 0.15) is 49.7 Å². The van der Waals surface area contributed by atoms with Crippen molar-refractivity contribution in [3.8, 4) is 5.75 Å². The summed E-state index contributed by atoms with van der Waals surface area (Å²) in [5.41, 5.74) is 3.56. The number of ether oxygens (including phenoxy) is 2. The Labute approximate surface area is 199 Å². The molecule has 6 heteroatoms. The first-order valence-corrected chi connectivity index (χ1v) is 11.6. The number of halogens is 1. The Morgan fingerprint density at radius 2 is 1.74 bits per heavy atom. The van der Waals surface area contributed by atoms with Gasteiger partial charge in [-0.05, 0) is 53.6 Å². The molecule has 0 bridgehead atoms. The van der Waals surface area contributed by atoms with Gasteiger partial charge in [0.15, 0.2) is 5.78 Å². The molecule has 0 spiro atoms. The molecule has 0 aromatic heterocycles. The maximum absolute atomic E-state index is 13.7. The Hall–Kier alpha value is -3.41. The highest BCUT2D eigenvalue weighted by atomic mass is 19.1. The minimum atomic E-state index is -0.774. The monoisotopic (exact) mass is 463 g/mol. The standard InChI is InChI=1S/C28H30FNO4/c1-16(2)15-34-28(32)25-17(3)30-23-13-20(18-7-11-22(33-4)12-8-18)14-24(31)27(23)26(25)19-5-9-21(29)10-6-19/h5-12,16,20,25-26,30H,3,13-15H2,1-2,4H3. The Morgan fingerprint density at radius 1 is 1.09 bits per heavy atom. The molecule has 34 heavy (non-hydrogen) atoms. The third-order valence-corrected chi connectivity index (χ3v) is 6.47. The van der Waals surface area contributed by atoms with Crippen molar-refractivity contribution < 1.29 is 23.5 Å². The van der Waals surface area contributed by atoms with Crippen molar-refractivity contribution in [2.75, 3.05) is 13.7 Å². The van der Waals surface area contributed by atoms with Crippen LogP contribution in [0.4, 0.5) is 4.39 Å². The molecule has 4 rings (SSSR count). The summed E-state index contributed by atoms with van der Waals surface area (Å²) in [5, 5.41) is 3.27. The number of hydrogen-bond donors (Lipinski definition) is 1. The lowest BCUT2D eigenvalue weighted by atomic mass is 9.69. The Kier molecular flexibility index (Phi) is 6.87. The van der Waals surface area contributed by atoms with Gasteiger partial charge >= 0.3 is 5.97 Å². The maximum Gasteiger partial charge on any atom is 0.315 e. The summed E-state index contributed by atoms with van der Waals surface area (Å²) in [6.07, 6.45) is 0.933. The van der Waals surface area contributed by atoms with Gasteiger partial charge in [0.2, 0.25) is 0 Å². The van der Waals surface area contributed by atoms with Gasteiger partial charge < -0.3 is 14.8 Å². The van der Waals surface area contributed by atoms with Crippen molar-refractivity contribution in [3.05, 3.63) is 89.0 Å². The number of allylic oxidation sites excluding steroid dienone is 2. The first kappa shape index (κ1) is 23.7. The number of carbonyl (C=O) groups excluding carboxylic acids is 2. The summed E-state index contributed by atoms with van der Waals surface area (Å²) < 4.78 is 24.5. The largest absolute Gasteiger partial charge is 0.497 e. The van der Waals surface area contributed by atoms with Crippen LogP contribution in [0.15, 0.2) is 72.1 Å². The predicted octanol–water partition coefficient (Wildman–Crippen LogP) is 5.25. The molecule has 1 heterocycles. The van der Waals surface area contributed by atoms with Crippen LogP contribution in [0.25, 0.3) is 0 Å². The van der Waals surface area contributed by atoms with Gasteiger partial charge in [-0.15, -0.1) is 0 Å². The topological polar surface area (TPSA) is 64.6 Å². The molecule has 0 saturated carbocycles. The lowest BCUT2D eigenvalue weighted by Crippen LogP contribution is -2.42. The number of hydrogen-bond acceptors (Lipinski definition) is 5.